The molecule has 1 aromatic carbocycles. The Labute approximate surface area is 149 Å². The number of H-pyrrole nitrogens is 1. The molecule has 7 heteroatoms. The molecule has 7 nitrogen and oxygen atoms in total. The van der Waals surface area contributed by atoms with E-state index in [1.165, 1.54) is 11.8 Å². The van der Waals surface area contributed by atoms with E-state index in [4.69, 9.17) is 4.42 Å². The quantitative estimate of drug-likeness (QED) is 0.630. The zero-order valence-corrected chi connectivity index (χ0v) is 14.1. The first kappa shape index (κ1) is 17.5. The molecule has 0 saturated heterocycles. The Morgan fingerprint density at radius 2 is 1.92 bits per heavy atom. The molecule has 1 amide bonds. The molecule has 2 heterocycles. The second-order valence-corrected chi connectivity index (χ2v) is 5.82. The molecule has 0 atom stereocenters. The van der Waals surface area contributed by atoms with Gasteiger partial charge in [-0.1, -0.05) is 30.3 Å². The Morgan fingerprint density at radius 1 is 1.12 bits per heavy atom. The van der Waals surface area contributed by atoms with E-state index in [2.05, 4.69) is 10.3 Å². The van der Waals surface area contributed by atoms with E-state index < -0.39 is 17.2 Å². The lowest BCUT2D eigenvalue weighted by Crippen LogP contribution is -2.41. The van der Waals surface area contributed by atoms with Crippen molar-refractivity contribution in [3.63, 3.8) is 0 Å². The average molecular weight is 353 g/mol. The molecule has 0 bridgehead atoms. The normalized spacial score (nSPS) is 10.6. The molecule has 0 fully saturated rings. The molecule has 0 unspecified atom stereocenters. The van der Waals surface area contributed by atoms with E-state index >= 15 is 0 Å². The average Bonchev–Trinajstić information content (AvgIpc) is 3.16. The monoisotopic (exact) mass is 353 g/mol. The second kappa shape index (κ2) is 8.15. The summed E-state index contributed by atoms with van der Waals surface area (Å²) in [5.74, 6) is -0.0504. The van der Waals surface area contributed by atoms with E-state index in [-0.39, 0.29) is 12.1 Å². The van der Waals surface area contributed by atoms with Crippen LogP contribution >= 0.6 is 0 Å². The number of aryl methyl sites for hydroxylation is 1. The van der Waals surface area contributed by atoms with Gasteiger partial charge in [0.15, 0.2) is 0 Å². The summed E-state index contributed by atoms with van der Waals surface area (Å²) in [4.78, 5) is 39.0. The molecule has 3 rings (SSSR count). The number of aromatic amines is 1. The molecule has 3 aromatic rings. The van der Waals surface area contributed by atoms with Crippen LogP contribution in [-0.2, 0) is 13.0 Å². The molecule has 2 aromatic heterocycles. The third-order valence-corrected chi connectivity index (χ3v) is 3.97. The first-order valence-corrected chi connectivity index (χ1v) is 8.32. The lowest BCUT2D eigenvalue weighted by Gasteiger charge is -2.07. The van der Waals surface area contributed by atoms with E-state index in [0.29, 0.717) is 12.3 Å². The van der Waals surface area contributed by atoms with E-state index in [9.17, 15) is 14.4 Å². The molecule has 0 aliphatic carbocycles. The van der Waals surface area contributed by atoms with Gasteiger partial charge in [-0.15, -0.1) is 0 Å². The molecular formula is C19H19N3O4. The lowest BCUT2D eigenvalue weighted by atomic mass is 10.1. The summed E-state index contributed by atoms with van der Waals surface area (Å²) in [5, 5.41) is 2.72. The highest BCUT2D eigenvalue weighted by Crippen LogP contribution is 2.02. The number of aromatic nitrogens is 2. The van der Waals surface area contributed by atoms with Gasteiger partial charge in [-0.3, -0.25) is 14.2 Å². The van der Waals surface area contributed by atoms with Gasteiger partial charge in [0.25, 0.3) is 11.5 Å². The number of amides is 1. The van der Waals surface area contributed by atoms with Gasteiger partial charge in [0.05, 0.1) is 12.8 Å². The van der Waals surface area contributed by atoms with Crippen LogP contribution in [0.25, 0.3) is 0 Å². The number of benzene rings is 1. The topological polar surface area (TPSA) is 97.1 Å². The maximum atomic E-state index is 12.5. The van der Waals surface area contributed by atoms with Crippen LogP contribution in [0, 0.1) is 0 Å². The number of furan rings is 1. The summed E-state index contributed by atoms with van der Waals surface area (Å²) in [7, 11) is 0. The summed E-state index contributed by atoms with van der Waals surface area (Å²) in [6, 6.07) is 13.3. The SMILES string of the molecule is O=C(NCCCc1ccccc1)c1c[nH]c(=O)n(Cc2ccco2)c1=O. The Bertz CT molecular complexity index is 972. The summed E-state index contributed by atoms with van der Waals surface area (Å²) in [6.45, 7) is 0.404. The van der Waals surface area contributed by atoms with Crippen molar-refractivity contribution in [3.8, 4) is 0 Å². The second-order valence-electron chi connectivity index (χ2n) is 5.82. The zero-order valence-electron chi connectivity index (χ0n) is 14.1. The Morgan fingerprint density at radius 3 is 2.65 bits per heavy atom. The first-order valence-electron chi connectivity index (χ1n) is 8.32. The van der Waals surface area contributed by atoms with Gasteiger partial charge in [-0.25, -0.2) is 4.79 Å². The fourth-order valence-corrected chi connectivity index (χ4v) is 2.61. The van der Waals surface area contributed by atoms with Crippen molar-refractivity contribution >= 4 is 5.91 Å². The molecule has 0 spiro atoms. The van der Waals surface area contributed by atoms with Crippen molar-refractivity contribution in [2.45, 2.75) is 19.4 Å². The van der Waals surface area contributed by atoms with Crippen LogP contribution in [0.15, 0.2) is 68.9 Å². The van der Waals surface area contributed by atoms with Crippen LogP contribution in [0.4, 0.5) is 0 Å². The molecule has 0 aliphatic heterocycles. The van der Waals surface area contributed by atoms with Gasteiger partial charge in [-0.2, -0.15) is 0 Å². The van der Waals surface area contributed by atoms with Crippen LogP contribution in [0.1, 0.15) is 28.1 Å². The Kier molecular flexibility index (Phi) is 5.48. The Balaban J connectivity index is 1.64. The number of carbonyl (C=O) groups is 1. The van der Waals surface area contributed by atoms with Crippen LogP contribution in [0.2, 0.25) is 0 Å². The number of carbonyl (C=O) groups excluding carboxylic acids is 1. The molecule has 2 N–H and O–H groups in total. The van der Waals surface area contributed by atoms with Gasteiger partial charge < -0.3 is 14.7 Å². The first-order chi connectivity index (χ1) is 12.6. The van der Waals surface area contributed by atoms with Crippen molar-refractivity contribution < 1.29 is 9.21 Å². The van der Waals surface area contributed by atoms with Crippen molar-refractivity contribution in [1.82, 2.24) is 14.9 Å². The van der Waals surface area contributed by atoms with Gasteiger partial charge >= 0.3 is 5.69 Å². The number of rotatable bonds is 7. The van der Waals surface area contributed by atoms with Crippen molar-refractivity contribution in [2.75, 3.05) is 6.54 Å². The number of hydrogen-bond donors (Lipinski definition) is 2. The maximum Gasteiger partial charge on any atom is 0.328 e. The largest absolute Gasteiger partial charge is 0.467 e. The Hall–Kier alpha value is -3.35. The van der Waals surface area contributed by atoms with Gasteiger partial charge in [0, 0.05) is 12.7 Å². The highest BCUT2D eigenvalue weighted by atomic mass is 16.3. The third kappa shape index (κ3) is 4.18. The molecular weight excluding hydrogens is 334 g/mol. The molecule has 0 radical (unpaired) electrons. The van der Waals surface area contributed by atoms with Crippen LogP contribution in [0.3, 0.4) is 0 Å². The fourth-order valence-electron chi connectivity index (χ4n) is 2.61. The number of hydrogen-bond acceptors (Lipinski definition) is 4. The van der Waals surface area contributed by atoms with Crippen LogP contribution < -0.4 is 16.6 Å². The van der Waals surface area contributed by atoms with Crippen molar-refractivity contribution in [2.24, 2.45) is 0 Å². The van der Waals surface area contributed by atoms with Crippen LogP contribution in [-0.4, -0.2) is 22.0 Å². The minimum Gasteiger partial charge on any atom is -0.467 e. The maximum absolute atomic E-state index is 12.5. The summed E-state index contributed by atoms with van der Waals surface area (Å²) in [6.07, 6.45) is 4.18. The van der Waals surface area contributed by atoms with E-state index in [1.807, 2.05) is 30.3 Å². The molecule has 0 saturated carbocycles. The van der Waals surface area contributed by atoms with Crippen molar-refractivity contribution in [3.05, 3.63) is 92.6 Å². The minimum atomic E-state index is -0.647. The third-order valence-electron chi connectivity index (χ3n) is 3.97. The number of nitrogens with zero attached hydrogens (tertiary/aromatic N) is 1. The summed E-state index contributed by atoms with van der Waals surface area (Å²) >= 11 is 0. The zero-order chi connectivity index (χ0) is 18.4. The van der Waals surface area contributed by atoms with Crippen LogP contribution in [0.5, 0.6) is 0 Å². The lowest BCUT2D eigenvalue weighted by molar-refractivity contribution is 0.0950. The fraction of sp³-hybridized carbons (Fsp3) is 0.211. The highest BCUT2D eigenvalue weighted by molar-refractivity contribution is 5.93. The van der Waals surface area contributed by atoms with E-state index in [1.54, 1.807) is 12.1 Å². The van der Waals surface area contributed by atoms with Crippen molar-refractivity contribution in [1.29, 1.82) is 0 Å². The van der Waals surface area contributed by atoms with E-state index in [0.717, 1.165) is 23.6 Å². The molecule has 134 valence electrons. The smallest absolute Gasteiger partial charge is 0.328 e. The predicted molar refractivity (Wildman–Crippen MR) is 96.2 cm³/mol. The van der Waals surface area contributed by atoms with Gasteiger partial charge in [0.2, 0.25) is 0 Å². The number of nitrogens with one attached hydrogen (secondary N) is 2. The molecule has 0 aliphatic rings. The minimum absolute atomic E-state index is 0.0315. The van der Waals surface area contributed by atoms with Gasteiger partial charge in [-0.05, 0) is 30.5 Å². The summed E-state index contributed by atoms with van der Waals surface area (Å²) in [5.41, 5.74) is -0.153. The molecule has 26 heavy (non-hydrogen) atoms. The summed E-state index contributed by atoms with van der Waals surface area (Å²) < 4.78 is 6.10. The predicted octanol–water partition coefficient (Wildman–Crippen LogP) is 1.54. The standard InChI is InChI=1S/C19H19N3O4/c23-17(20-10-4-8-14-6-2-1-3-7-14)16-12-21-19(25)22(18(16)24)13-15-9-5-11-26-15/h1-3,5-7,9,11-12H,4,8,10,13H2,(H,20,23)(H,21,25). The highest BCUT2D eigenvalue weighted by Gasteiger charge is 2.15. The van der Waals surface area contributed by atoms with Gasteiger partial charge in [0.1, 0.15) is 11.3 Å².